The third-order valence-electron chi connectivity index (χ3n) is 6.78. The molecule has 0 aromatic carbocycles. The van der Waals surface area contributed by atoms with Crippen molar-refractivity contribution < 1.29 is 0 Å². The Morgan fingerprint density at radius 3 is 2.05 bits per heavy atom. The molecule has 0 aliphatic heterocycles. The highest BCUT2D eigenvalue weighted by Crippen LogP contribution is 2.62. The summed E-state index contributed by atoms with van der Waals surface area (Å²) in [5, 5.41) is 4.15. The number of hydrogen-bond acceptors (Lipinski definition) is 1. The number of rotatable bonds is 2. The molecule has 110 valence electrons. The van der Waals surface area contributed by atoms with Crippen LogP contribution in [0.1, 0.15) is 85.0 Å². The molecule has 2 bridgehead atoms. The van der Waals surface area contributed by atoms with Crippen LogP contribution in [0.5, 0.6) is 0 Å². The van der Waals surface area contributed by atoms with Crippen molar-refractivity contribution >= 4 is 0 Å². The molecule has 0 saturated heterocycles. The van der Waals surface area contributed by atoms with Gasteiger partial charge < -0.3 is 5.32 Å². The third-order valence-corrected chi connectivity index (χ3v) is 6.78. The van der Waals surface area contributed by atoms with Gasteiger partial charge in [-0.15, -0.1) is 0 Å². The van der Waals surface area contributed by atoms with E-state index in [1.54, 1.807) is 0 Å². The molecule has 0 radical (unpaired) electrons. The molecule has 3 rings (SSSR count). The fourth-order valence-corrected chi connectivity index (χ4v) is 5.58. The summed E-state index contributed by atoms with van der Waals surface area (Å²) in [6, 6.07) is 1.57. The van der Waals surface area contributed by atoms with Gasteiger partial charge in [0.2, 0.25) is 0 Å². The molecule has 1 nitrogen and oxygen atoms in total. The minimum absolute atomic E-state index is 0.523. The monoisotopic (exact) mass is 263 g/mol. The Bertz CT molecular complexity index is 309. The van der Waals surface area contributed by atoms with Crippen molar-refractivity contribution in [2.24, 2.45) is 16.7 Å². The summed E-state index contributed by atoms with van der Waals surface area (Å²) in [6.45, 7) is 7.62. The van der Waals surface area contributed by atoms with Gasteiger partial charge in [-0.25, -0.2) is 0 Å². The van der Waals surface area contributed by atoms with Crippen LogP contribution in [0.3, 0.4) is 0 Å². The van der Waals surface area contributed by atoms with E-state index in [-0.39, 0.29) is 0 Å². The van der Waals surface area contributed by atoms with Crippen LogP contribution in [0.15, 0.2) is 0 Å². The Morgan fingerprint density at radius 2 is 1.47 bits per heavy atom. The van der Waals surface area contributed by atoms with Crippen LogP contribution in [0.25, 0.3) is 0 Å². The van der Waals surface area contributed by atoms with Crippen LogP contribution in [0.2, 0.25) is 0 Å². The fraction of sp³-hybridized carbons (Fsp3) is 1.00. The maximum atomic E-state index is 4.15. The van der Waals surface area contributed by atoms with Gasteiger partial charge in [-0.1, -0.05) is 52.9 Å². The zero-order valence-corrected chi connectivity index (χ0v) is 13.3. The minimum atomic E-state index is 0.523. The lowest BCUT2D eigenvalue weighted by Crippen LogP contribution is -2.53. The lowest BCUT2D eigenvalue weighted by Gasteiger charge is -2.45. The second-order valence-corrected chi connectivity index (χ2v) is 8.56. The van der Waals surface area contributed by atoms with Gasteiger partial charge in [0.25, 0.3) is 0 Å². The molecule has 0 aromatic heterocycles. The molecule has 3 fully saturated rings. The minimum Gasteiger partial charge on any atom is -0.310 e. The molecular formula is C18H33N. The van der Waals surface area contributed by atoms with Crippen molar-refractivity contribution in [2.45, 2.75) is 97.1 Å². The molecule has 0 amide bonds. The van der Waals surface area contributed by atoms with Crippen molar-refractivity contribution in [3.8, 4) is 0 Å². The van der Waals surface area contributed by atoms with E-state index in [2.05, 4.69) is 26.1 Å². The Labute approximate surface area is 119 Å². The summed E-state index contributed by atoms with van der Waals surface area (Å²) < 4.78 is 0. The van der Waals surface area contributed by atoms with Crippen molar-refractivity contribution in [1.82, 2.24) is 5.32 Å². The first-order chi connectivity index (χ1) is 9.02. The van der Waals surface area contributed by atoms with E-state index >= 15 is 0 Å². The third kappa shape index (κ3) is 2.48. The lowest BCUT2D eigenvalue weighted by molar-refractivity contribution is 0.0941. The molecule has 3 unspecified atom stereocenters. The SMILES string of the molecule is CC12CCC(C1)C(C)(C)C2NC1CCCCCCC1. The van der Waals surface area contributed by atoms with Gasteiger partial charge in [0.15, 0.2) is 0 Å². The predicted octanol–water partition coefficient (Wildman–Crippen LogP) is 4.90. The molecule has 0 spiro atoms. The summed E-state index contributed by atoms with van der Waals surface area (Å²) in [5.41, 5.74) is 1.12. The van der Waals surface area contributed by atoms with E-state index in [0.717, 1.165) is 18.0 Å². The van der Waals surface area contributed by atoms with Gasteiger partial charge in [-0.2, -0.15) is 0 Å². The number of nitrogens with one attached hydrogen (secondary N) is 1. The summed E-state index contributed by atoms with van der Waals surface area (Å²) in [6.07, 6.45) is 14.6. The Balaban J connectivity index is 1.67. The van der Waals surface area contributed by atoms with Crippen molar-refractivity contribution in [1.29, 1.82) is 0 Å². The first-order valence-electron chi connectivity index (χ1n) is 8.78. The Hall–Kier alpha value is -0.0400. The number of hydrogen-bond donors (Lipinski definition) is 1. The van der Waals surface area contributed by atoms with Crippen LogP contribution >= 0.6 is 0 Å². The van der Waals surface area contributed by atoms with E-state index in [9.17, 15) is 0 Å². The zero-order chi connectivity index (χ0) is 13.5. The van der Waals surface area contributed by atoms with Crippen LogP contribution in [-0.2, 0) is 0 Å². The fourth-order valence-electron chi connectivity index (χ4n) is 5.58. The van der Waals surface area contributed by atoms with Crippen LogP contribution < -0.4 is 5.32 Å². The summed E-state index contributed by atoms with van der Waals surface area (Å²) in [5.74, 6) is 0.976. The van der Waals surface area contributed by atoms with Crippen molar-refractivity contribution in [3.63, 3.8) is 0 Å². The largest absolute Gasteiger partial charge is 0.310 e. The normalized spacial score (nSPS) is 43.1. The van der Waals surface area contributed by atoms with Crippen LogP contribution in [-0.4, -0.2) is 12.1 Å². The first-order valence-corrected chi connectivity index (χ1v) is 8.78. The van der Waals surface area contributed by atoms with E-state index in [1.807, 2.05) is 0 Å². The molecule has 1 heteroatoms. The van der Waals surface area contributed by atoms with Gasteiger partial charge >= 0.3 is 0 Å². The Kier molecular flexibility index (Phi) is 3.71. The van der Waals surface area contributed by atoms with Gasteiger partial charge in [0, 0.05) is 12.1 Å². The highest BCUT2D eigenvalue weighted by Gasteiger charge is 2.59. The summed E-state index contributed by atoms with van der Waals surface area (Å²) in [4.78, 5) is 0. The molecular weight excluding hydrogens is 230 g/mol. The topological polar surface area (TPSA) is 12.0 Å². The van der Waals surface area contributed by atoms with Crippen LogP contribution in [0.4, 0.5) is 0 Å². The maximum absolute atomic E-state index is 4.15. The maximum Gasteiger partial charge on any atom is 0.0177 e. The molecule has 1 N–H and O–H groups in total. The first kappa shape index (κ1) is 13.9. The van der Waals surface area contributed by atoms with Gasteiger partial charge in [-0.05, 0) is 48.9 Å². The van der Waals surface area contributed by atoms with E-state index < -0.39 is 0 Å². The van der Waals surface area contributed by atoms with E-state index in [0.29, 0.717) is 10.8 Å². The summed E-state index contributed by atoms with van der Waals surface area (Å²) in [7, 11) is 0. The molecule has 3 aliphatic carbocycles. The van der Waals surface area contributed by atoms with E-state index in [4.69, 9.17) is 0 Å². The highest BCUT2D eigenvalue weighted by molar-refractivity contribution is 5.12. The average molecular weight is 263 g/mol. The molecule has 3 aliphatic rings. The molecule has 0 aromatic rings. The van der Waals surface area contributed by atoms with Crippen molar-refractivity contribution in [3.05, 3.63) is 0 Å². The van der Waals surface area contributed by atoms with Crippen molar-refractivity contribution in [2.75, 3.05) is 0 Å². The highest BCUT2D eigenvalue weighted by atomic mass is 15.0. The molecule has 3 atom stereocenters. The smallest absolute Gasteiger partial charge is 0.0177 e. The second kappa shape index (κ2) is 5.06. The van der Waals surface area contributed by atoms with Crippen LogP contribution in [0, 0.1) is 16.7 Å². The average Bonchev–Trinajstić information content (AvgIpc) is 2.77. The quantitative estimate of drug-likeness (QED) is 0.747. The second-order valence-electron chi connectivity index (χ2n) is 8.56. The Morgan fingerprint density at radius 1 is 0.842 bits per heavy atom. The standard InChI is InChI=1S/C18H33N/c1-17(2)14-11-12-18(3,13-14)16(17)19-15-9-7-5-4-6-8-10-15/h14-16,19H,4-13H2,1-3H3. The lowest BCUT2D eigenvalue weighted by atomic mass is 9.68. The van der Waals surface area contributed by atoms with Gasteiger partial charge in [-0.3, -0.25) is 0 Å². The predicted molar refractivity (Wildman–Crippen MR) is 82.3 cm³/mol. The molecule has 3 saturated carbocycles. The zero-order valence-electron chi connectivity index (χ0n) is 13.3. The van der Waals surface area contributed by atoms with E-state index in [1.165, 1.54) is 64.2 Å². The molecule has 19 heavy (non-hydrogen) atoms. The number of fused-ring (bicyclic) bond motifs is 2. The molecule has 0 heterocycles. The van der Waals surface area contributed by atoms with Gasteiger partial charge in [0.1, 0.15) is 0 Å². The van der Waals surface area contributed by atoms with Gasteiger partial charge in [0.05, 0.1) is 0 Å². The summed E-state index contributed by atoms with van der Waals surface area (Å²) >= 11 is 0.